The van der Waals surface area contributed by atoms with E-state index in [4.69, 9.17) is 3.47 Å². The predicted molar refractivity (Wildman–Crippen MR) is 35.4 cm³/mol. The maximum absolute atomic E-state index is 10.5. The molecule has 0 radical (unpaired) electrons. The van der Waals surface area contributed by atoms with Crippen molar-refractivity contribution in [2.75, 3.05) is 0 Å². The molecule has 1 rings (SSSR count). The molecule has 0 unspecified atom stereocenters. The van der Waals surface area contributed by atoms with Crippen LogP contribution in [-0.2, 0) is 6.21 Å². The van der Waals surface area contributed by atoms with Gasteiger partial charge in [-0.05, 0) is 0 Å². The second-order valence-electron chi connectivity index (χ2n) is 1.79. The predicted octanol–water partition coefficient (Wildman–Crippen LogP) is -0.314. The third kappa shape index (κ3) is 1.77. The molecule has 3 nitrogen and oxygen atoms in total. The molecule has 0 amide bonds. The standard InChI is InChI=1S/C6H6O3Te/c7-10(8,9)6-4-2-1-3-5-6/h1-5H,(H,7,8,9). The summed E-state index contributed by atoms with van der Waals surface area (Å²) in [6, 6.07) is 7.59. The van der Waals surface area contributed by atoms with Crippen LogP contribution >= 0.6 is 0 Å². The summed E-state index contributed by atoms with van der Waals surface area (Å²) < 4.78 is 29.6. The first-order valence-electron chi connectivity index (χ1n) is 2.63. The van der Waals surface area contributed by atoms with Crippen molar-refractivity contribution in [1.29, 1.82) is 0 Å². The Morgan fingerprint density at radius 2 is 1.60 bits per heavy atom. The van der Waals surface area contributed by atoms with Crippen LogP contribution in [-0.4, -0.2) is 22.0 Å². The quantitative estimate of drug-likeness (QED) is 0.699. The van der Waals surface area contributed by atoms with E-state index >= 15 is 0 Å². The molecule has 0 aromatic heterocycles. The van der Waals surface area contributed by atoms with Crippen molar-refractivity contribution >= 4 is 22.2 Å². The molecule has 0 aliphatic rings. The van der Waals surface area contributed by atoms with E-state index in [1.807, 2.05) is 0 Å². The first-order valence-corrected chi connectivity index (χ1v) is 6.74. The van der Waals surface area contributed by atoms with Gasteiger partial charge in [-0.25, -0.2) is 0 Å². The Balaban J connectivity index is 3.22. The number of benzene rings is 1. The van der Waals surface area contributed by atoms with Crippen molar-refractivity contribution in [3.05, 3.63) is 30.3 Å². The van der Waals surface area contributed by atoms with Gasteiger partial charge in [-0.3, -0.25) is 0 Å². The van der Waals surface area contributed by atoms with E-state index < -0.39 is 18.6 Å². The summed E-state index contributed by atoms with van der Waals surface area (Å²) in [7, 11) is 0. The van der Waals surface area contributed by atoms with Crippen LogP contribution < -0.4 is 3.61 Å². The van der Waals surface area contributed by atoms with E-state index in [9.17, 15) is 6.21 Å². The second kappa shape index (κ2) is 2.67. The monoisotopic (exact) mass is 256 g/mol. The van der Waals surface area contributed by atoms with E-state index in [1.54, 1.807) is 18.2 Å². The van der Waals surface area contributed by atoms with Gasteiger partial charge in [0, 0.05) is 0 Å². The van der Waals surface area contributed by atoms with Crippen molar-refractivity contribution in [2.24, 2.45) is 0 Å². The van der Waals surface area contributed by atoms with Gasteiger partial charge in [-0.1, -0.05) is 0 Å². The molecular formula is C6H6O3Te. The zero-order valence-electron chi connectivity index (χ0n) is 5.06. The molecule has 1 N–H and O–H groups in total. The van der Waals surface area contributed by atoms with Gasteiger partial charge in [0.1, 0.15) is 0 Å². The first-order chi connectivity index (χ1) is 4.61. The van der Waals surface area contributed by atoms with Crippen LogP contribution in [0.25, 0.3) is 0 Å². The molecule has 0 atom stereocenters. The normalized spacial score (nSPS) is 11.3. The zero-order chi connectivity index (χ0) is 7.61. The van der Waals surface area contributed by atoms with Gasteiger partial charge >= 0.3 is 62.2 Å². The Labute approximate surface area is 62.4 Å². The van der Waals surface area contributed by atoms with E-state index in [1.165, 1.54) is 12.1 Å². The summed E-state index contributed by atoms with van der Waals surface area (Å²) in [5.74, 6) is 0. The molecule has 4 heteroatoms. The van der Waals surface area contributed by atoms with Crippen molar-refractivity contribution in [2.45, 2.75) is 0 Å². The Bertz CT molecular complexity index is 301. The van der Waals surface area contributed by atoms with E-state index in [2.05, 4.69) is 0 Å². The van der Waals surface area contributed by atoms with Crippen LogP contribution in [0.2, 0.25) is 0 Å². The molecule has 1 aromatic rings. The fourth-order valence-corrected chi connectivity index (χ4v) is 2.02. The van der Waals surface area contributed by atoms with Gasteiger partial charge in [0.15, 0.2) is 0 Å². The topological polar surface area (TPSA) is 54.4 Å². The van der Waals surface area contributed by atoms with Gasteiger partial charge in [-0.2, -0.15) is 0 Å². The summed E-state index contributed by atoms with van der Waals surface area (Å²) in [6.07, 6.45) is 0. The number of rotatable bonds is 1. The average molecular weight is 254 g/mol. The third-order valence-electron chi connectivity index (χ3n) is 1.04. The average Bonchev–Trinajstić information content (AvgIpc) is 1.88. The van der Waals surface area contributed by atoms with Crippen LogP contribution in [0, 0.1) is 0 Å². The molecule has 54 valence electrons. The second-order valence-corrected chi connectivity index (χ2v) is 5.85. The SMILES string of the molecule is O=[Te](=O)(O)c1ccccc1. The molecule has 0 aliphatic carbocycles. The van der Waals surface area contributed by atoms with E-state index in [0.29, 0.717) is 0 Å². The summed E-state index contributed by atoms with van der Waals surface area (Å²) >= 11 is -5.02. The molecule has 10 heavy (non-hydrogen) atoms. The van der Waals surface area contributed by atoms with E-state index in [-0.39, 0.29) is 3.61 Å². The van der Waals surface area contributed by atoms with Crippen LogP contribution in [0.1, 0.15) is 0 Å². The Morgan fingerprint density at radius 3 is 1.90 bits per heavy atom. The van der Waals surface area contributed by atoms with Crippen molar-refractivity contribution < 1.29 is 9.68 Å². The van der Waals surface area contributed by atoms with Gasteiger partial charge in [-0.15, -0.1) is 0 Å². The molecule has 0 bridgehead atoms. The van der Waals surface area contributed by atoms with Crippen LogP contribution in [0.3, 0.4) is 0 Å². The number of hydrogen-bond donors (Lipinski definition) is 1. The van der Waals surface area contributed by atoms with Gasteiger partial charge in [0.2, 0.25) is 0 Å². The van der Waals surface area contributed by atoms with Gasteiger partial charge in [0.25, 0.3) is 0 Å². The van der Waals surface area contributed by atoms with Crippen molar-refractivity contribution in [1.82, 2.24) is 0 Å². The van der Waals surface area contributed by atoms with Crippen LogP contribution in [0.5, 0.6) is 0 Å². The van der Waals surface area contributed by atoms with E-state index in [0.717, 1.165) is 0 Å². The fourth-order valence-electron chi connectivity index (χ4n) is 0.592. The van der Waals surface area contributed by atoms with Crippen molar-refractivity contribution in [3.63, 3.8) is 0 Å². The summed E-state index contributed by atoms with van der Waals surface area (Å²) in [4.78, 5) is 0. The molecule has 0 saturated carbocycles. The summed E-state index contributed by atoms with van der Waals surface area (Å²) in [5, 5.41) is 0. The Morgan fingerprint density at radius 1 is 1.10 bits per heavy atom. The first kappa shape index (κ1) is 7.67. The third-order valence-corrected chi connectivity index (χ3v) is 3.52. The van der Waals surface area contributed by atoms with Crippen LogP contribution in [0.4, 0.5) is 0 Å². The fraction of sp³-hybridized carbons (Fsp3) is 0. The summed E-state index contributed by atoms with van der Waals surface area (Å²) in [5.41, 5.74) is 0. The zero-order valence-corrected chi connectivity index (χ0v) is 7.39. The molecular weight excluding hydrogens is 248 g/mol. The number of hydrogen-bond acceptors (Lipinski definition) is 2. The molecule has 0 aliphatic heterocycles. The Kier molecular flexibility index (Phi) is 2.05. The van der Waals surface area contributed by atoms with Gasteiger partial charge in [0.05, 0.1) is 0 Å². The molecule has 0 fully saturated rings. The van der Waals surface area contributed by atoms with Crippen LogP contribution in [0.15, 0.2) is 30.3 Å². The van der Waals surface area contributed by atoms with Gasteiger partial charge < -0.3 is 0 Å². The minimum absolute atomic E-state index is 0.0326. The minimum atomic E-state index is -5.02. The van der Waals surface area contributed by atoms with Crippen molar-refractivity contribution in [3.8, 4) is 0 Å². The molecule has 0 spiro atoms. The Hall–Kier alpha value is -0.430. The molecule has 0 heterocycles. The summed E-state index contributed by atoms with van der Waals surface area (Å²) in [6.45, 7) is 0. The molecule has 0 saturated heterocycles. The maximum atomic E-state index is 10.5. The molecule has 1 aromatic carbocycles.